The molecule has 0 amide bonds. The molecule has 0 aromatic heterocycles. The molecule has 1 heterocycles. The number of hydrogen-bond acceptors (Lipinski definition) is 3. The lowest BCUT2D eigenvalue weighted by Crippen LogP contribution is -2.46. The summed E-state index contributed by atoms with van der Waals surface area (Å²) >= 11 is 0. The van der Waals surface area contributed by atoms with Crippen molar-refractivity contribution in [1.82, 2.24) is 9.80 Å². The van der Waals surface area contributed by atoms with Gasteiger partial charge in [0.05, 0.1) is 0 Å². The van der Waals surface area contributed by atoms with Gasteiger partial charge in [0.2, 0.25) is 0 Å². The topological polar surface area (TPSA) is 32.5 Å². The molecule has 2 N–H and O–H groups in total. The molecule has 0 aliphatic carbocycles. The lowest BCUT2D eigenvalue weighted by molar-refractivity contribution is 0.108. The van der Waals surface area contributed by atoms with E-state index in [1.807, 2.05) is 0 Å². The summed E-state index contributed by atoms with van der Waals surface area (Å²) in [5.74, 6) is 0. The summed E-state index contributed by atoms with van der Waals surface area (Å²) in [6.45, 7) is 5.37. The quantitative estimate of drug-likeness (QED) is 0.851. The monoisotopic (exact) mass is 233 g/mol. The largest absolute Gasteiger partial charge is 0.330 e. The first-order chi connectivity index (χ1) is 8.31. The summed E-state index contributed by atoms with van der Waals surface area (Å²) in [6.07, 6.45) is 1.05. The van der Waals surface area contributed by atoms with Crippen molar-refractivity contribution in [2.75, 3.05) is 39.8 Å². The Balaban J connectivity index is 2.07. The van der Waals surface area contributed by atoms with Crippen molar-refractivity contribution in [2.45, 2.75) is 12.5 Å². The fourth-order valence-corrected chi connectivity index (χ4v) is 2.53. The number of likely N-dealkylation sites (N-methyl/N-ethyl adjacent to an activating group) is 1. The molecular formula is C14H23N3. The van der Waals surface area contributed by atoms with Crippen LogP contribution < -0.4 is 5.73 Å². The summed E-state index contributed by atoms with van der Waals surface area (Å²) in [6, 6.07) is 11.3. The Kier molecular flexibility index (Phi) is 4.54. The highest BCUT2D eigenvalue weighted by molar-refractivity contribution is 5.19. The normalized spacial score (nSPS) is 20.4. The molecule has 1 aromatic rings. The molecule has 3 heteroatoms. The van der Waals surface area contributed by atoms with Gasteiger partial charge in [-0.1, -0.05) is 30.3 Å². The fourth-order valence-electron chi connectivity index (χ4n) is 2.53. The average molecular weight is 233 g/mol. The number of piperazine rings is 1. The minimum Gasteiger partial charge on any atom is -0.330 e. The third kappa shape index (κ3) is 3.28. The zero-order chi connectivity index (χ0) is 12.1. The predicted octanol–water partition coefficient (Wildman–Crippen LogP) is 1.32. The lowest BCUT2D eigenvalue weighted by Gasteiger charge is -2.38. The Morgan fingerprint density at radius 3 is 2.35 bits per heavy atom. The summed E-state index contributed by atoms with van der Waals surface area (Å²) in [5.41, 5.74) is 7.17. The van der Waals surface area contributed by atoms with Crippen LogP contribution in [0, 0.1) is 0 Å². The van der Waals surface area contributed by atoms with E-state index in [1.54, 1.807) is 0 Å². The molecule has 1 unspecified atom stereocenters. The zero-order valence-corrected chi connectivity index (χ0v) is 10.7. The van der Waals surface area contributed by atoms with Gasteiger partial charge in [-0.3, -0.25) is 4.90 Å². The van der Waals surface area contributed by atoms with Gasteiger partial charge in [-0.05, 0) is 25.6 Å². The van der Waals surface area contributed by atoms with E-state index in [0.29, 0.717) is 6.04 Å². The molecule has 94 valence electrons. The molecule has 1 atom stereocenters. The summed E-state index contributed by atoms with van der Waals surface area (Å²) in [5, 5.41) is 0. The van der Waals surface area contributed by atoms with Crippen molar-refractivity contribution < 1.29 is 0 Å². The van der Waals surface area contributed by atoms with Gasteiger partial charge < -0.3 is 10.6 Å². The molecule has 1 aliphatic heterocycles. The van der Waals surface area contributed by atoms with Crippen molar-refractivity contribution in [2.24, 2.45) is 5.73 Å². The lowest BCUT2D eigenvalue weighted by atomic mass is 10.0. The number of hydrogen-bond donors (Lipinski definition) is 1. The van der Waals surface area contributed by atoms with Gasteiger partial charge in [0.1, 0.15) is 0 Å². The first-order valence-corrected chi connectivity index (χ1v) is 6.49. The summed E-state index contributed by atoms with van der Waals surface area (Å²) in [7, 11) is 2.19. The van der Waals surface area contributed by atoms with Gasteiger partial charge in [-0.2, -0.15) is 0 Å². The van der Waals surface area contributed by atoms with E-state index in [4.69, 9.17) is 5.73 Å². The molecule has 0 spiro atoms. The molecule has 1 aliphatic rings. The van der Waals surface area contributed by atoms with Gasteiger partial charge in [0, 0.05) is 32.2 Å². The van der Waals surface area contributed by atoms with Crippen LogP contribution in [0.4, 0.5) is 0 Å². The van der Waals surface area contributed by atoms with Crippen LogP contribution in [0.15, 0.2) is 30.3 Å². The Bertz CT molecular complexity index is 317. The van der Waals surface area contributed by atoms with Crippen LogP contribution >= 0.6 is 0 Å². The predicted molar refractivity (Wildman–Crippen MR) is 71.9 cm³/mol. The SMILES string of the molecule is CN1CCN(C(CCN)c2ccccc2)CC1. The highest BCUT2D eigenvalue weighted by Gasteiger charge is 2.22. The number of rotatable bonds is 4. The van der Waals surface area contributed by atoms with E-state index in [1.165, 1.54) is 5.56 Å². The molecule has 1 aromatic carbocycles. The van der Waals surface area contributed by atoms with Gasteiger partial charge in [0.15, 0.2) is 0 Å². The maximum absolute atomic E-state index is 5.76. The molecule has 17 heavy (non-hydrogen) atoms. The van der Waals surface area contributed by atoms with E-state index >= 15 is 0 Å². The Labute approximate surface area is 104 Å². The van der Waals surface area contributed by atoms with Crippen LogP contribution in [-0.4, -0.2) is 49.6 Å². The molecule has 2 rings (SSSR count). The molecule has 3 nitrogen and oxygen atoms in total. The molecule has 0 saturated carbocycles. The van der Waals surface area contributed by atoms with E-state index < -0.39 is 0 Å². The second-order valence-corrected chi connectivity index (χ2v) is 4.84. The highest BCUT2D eigenvalue weighted by atomic mass is 15.3. The van der Waals surface area contributed by atoms with Gasteiger partial charge in [-0.25, -0.2) is 0 Å². The number of nitrogens with zero attached hydrogens (tertiary/aromatic N) is 2. The second kappa shape index (κ2) is 6.15. The molecule has 1 saturated heterocycles. The van der Waals surface area contributed by atoms with Crippen LogP contribution in [0.3, 0.4) is 0 Å². The summed E-state index contributed by atoms with van der Waals surface area (Å²) < 4.78 is 0. The molecule has 1 fully saturated rings. The van der Waals surface area contributed by atoms with Crippen LogP contribution in [0.2, 0.25) is 0 Å². The van der Waals surface area contributed by atoms with Crippen molar-refractivity contribution in [3.63, 3.8) is 0 Å². The van der Waals surface area contributed by atoms with Gasteiger partial charge >= 0.3 is 0 Å². The molecular weight excluding hydrogens is 210 g/mol. The van der Waals surface area contributed by atoms with E-state index in [2.05, 4.69) is 47.2 Å². The Hall–Kier alpha value is -0.900. The molecule has 0 radical (unpaired) electrons. The number of nitrogens with two attached hydrogens (primary N) is 1. The van der Waals surface area contributed by atoms with Crippen molar-refractivity contribution in [3.05, 3.63) is 35.9 Å². The van der Waals surface area contributed by atoms with Crippen molar-refractivity contribution in [1.29, 1.82) is 0 Å². The summed E-state index contributed by atoms with van der Waals surface area (Å²) in [4.78, 5) is 4.96. The molecule has 0 bridgehead atoms. The average Bonchev–Trinajstić information content (AvgIpc) is 2.38. The minimum absolute atomic E-state index is 0.495. The van der Waals surface area contributed by atoms with Gasteiger partial charge in [0.25, 0.3) is 0 Å². The van der Waals surface area contributed by atoms with E-state index in [-0.39, 0.29) is 0 Å². The fraction of sp³-hybridized carbons (Fsp3) is 0.571. The van der Waals surface area contributed by atoms with Crippen LogP contribution in [0.5, 0.6) is 0 Å². The van der Waals surface area contributed by atoms with E-state index in [0.717, 1.165) is 39.1 Å². The van der Waals surface area contributed by atoms with Crippen molar-refractivity contribution >= 4 is 0 Å². The zero-order valence-electron chi connectivity index (χ0n) is 10.7. The second-order valence-electron chi connectivity index (χ2n) is 4.84. The van der Waals surface area contributed by atoms with Crippen LogP contribution in [0.25, 0.3) is 0 Å². The van der Waals surface area contributed by atoms with Gasteiger partial charge in [-0.15, -0.1) is 0 Å². The first-order valence-electron chi connectivity index (χ1n) is 6.49. The smallest absolute Gasteiger partial charge is 0.0361 e. The Morgan fingerprint density at radius 1 is 1.12 bits per heavy atom. The maximum atomic E-state index is 5.76. The van der Waals surface area contributed by atoms with Crippen molar-refractivity contribution in [3.8, 4) is 0 Å². The standard InChI is InChI=1S/C14H23N3/c1-16-9-11-17(12-10-16)14(7-8-15)13-5-3-2-4-6-13/h2-6,14H,7-12,15H2,1H3. The third-order valence-corrected chi connectivity index (χ3v) is 3.60. The maximum Gasteiger partial charge on any atom is 0.0361 e. The highest BCUT2D eigenvalue weighted by Crippen LogP contribution is 2.24. The number of benzene rings is 1. The first kappa shape index (κ1) is 12.6. The van der Waals surface area contributed by atoms with Crippen LogP contribution in [0.1, 0.15) is 18.0 Å². The van der Waals surface area contributed by atoms with Crippen LogP contribution in [-0.2, 0) is 0 Å². The minimum atomic E-state index is 0.495. The third-order valence-electron chi connectivity index (χ3n) is 3.60. The van der Waals surface area contributed by atoms with E-state index in [9.17, 15) is 0 Å². The Morgan fingerprint density at radius 2 is 1.76 bits per heavy atom.